The molecule has 0 amide bonds. The lowest BCUT2D eigenvalue weighted by molar-refractivity contribution is 0.0725. The van der Waals surface area contributed by atoms with E-state index in [1.54, 1.807) is 0 Å². The van der Waals surface area contributed by atoms with Crippen LogP contribution >= 0.6 is 0 Å². The van der Waals surface area contributed by atoms with Gasteiger partial charge in [0.2, 0.25) is 0 Å². The fourth-order valence-corrected chi connectivity index (χ4v) is 2.24. The van der Waals surface area contributed by atoms with Crippen molar-refractivity contribution in [2.45, 2.75) is 59.4 Å². The summed E-state index contributed by atoms with van der Waals surface area (Å²) in [6.45, 7) is 15.7. The van der Waals surface area contributed by atoms with E-state index in [1.807, 2.05) is 0 Å². The van der Waals surface area contributed by atoms with Crippen molar-refractivity contribution in [1.29, 1.82) is 0 Å². The van der Waals surface area contributed by atoms with Crippen LogP contribution in [0.5, 0.6) is 0 Å². The molecular formula is C16H33NO2. The molecule has 0 spiro atoms. The van der Waals surface area contributed by atoms with Crippen LogP contribution in [-0.4, -0.2) is 38.5 Å². The van der Waals surface area contributed by atoms with Gasteiger partial charge in [-0.1, -0.05) is 13.8 Å². The Morgan fingerprint density at radius 1 is 1.26 bits per heavy atom. The number of ether oxygens (including phenoxy) is 2. The fourth-order valence-electron chi connectivity index (χ4n) is 2.24. The minimum absolute atomic E-state index is 0.175. The van der Waals surface area contributed by atoms with Crippen LogP contribution in [0.4, 0.5) is 0 Å². The summed E-state index contributed by atoms with van der Waals surface area (Å²) in [5, 5.41) is 3.63. The average molecular weight is 271 g/mol. The molecule has 3 heteroatoms. The maximum atomic E-state index is 5.78. The average Bonchev–Trinajstić information content (AvgIpc) is 2.74. The third-order valence-corrected chi connectivity index (χ3v) is 3.79. The van der Waals surface area contributed by atoms with Gasteiger partial charge in [-0.25, -0.2) is 0 Å². The lowest BCUT2D eigenvalue weighted by Gasteiger charge is -2.32. The Hall–Kier alpha value is -0.120. The first-order valence-corrected chi connectivity index (χ1v) is 7.74. The summed E-state index contributed by atoms with van der Waals surface area (Å²) < 4.78 is 11.4. The smallest absolute Gasteiger partial charge is 0.0536 e. The highest BCUT2D eigenvalue weighted by Gasteiger charge is 2.35. The maximum Gasteiger partial charge on any atom is 0.0536 e. The number of rotatable bonds is 8. The Morgan fingerprint density at radius 3 is 2.53 bits per heavy atom. The Kier molecular flexibility index (Phi) is 6.78. The van der Waals surface area contributed by atoms with Gasteiger partial charge >= 0.3 is 0 Å². The van der Waals surface area contributed by atoms with E-state index in [0.717, 1.165) is 58.2 Å². The number of hydrogen-bond donors (Lipinski definition) is 1. The topological polar surface area (TPSA) is 30.5 Å². The quantitative estimate of drug-likeness (QED) is 0.688. The van der Waals surface area contributed by atoms with E-state index in [1.165, 1.54) is 0 Å². The minimum atomic E-state index is 0.175. The summed E-state index contributed by atoms with van der Waals surface area (Å²) in [6, 6.07) is 0. The van der Waals surface area contributed by atoms with Crippen molar-refractivity contribution in [3.8, 4) is 0 Å². The molecule has 1 rings (SSSR count). The zero-order valence-corrected chi connectivity index (χ0v) is 13.6. The highest BCUT2D eigenvalue weighted by atomic mass is 16.5. The van der Waals surface area contributed by atoms with Gasteiger partial charge < -0.3 is 14.8 Å². The van der Waals surface area contributed by atoms with Gasteiger partial charge in [0.25, 0.3) is 0 Å². The molecule has 1 heterocycles. The summed E-state index contributed by atoms with van der Waals surface area (Å²) in [6.07, 6.45) is 3.42. The molecule has 0 aromatic carbocycles. The van der Waals surface area contributed by atoms with Crippen molar-refractivity contribution in [3.63, 3.8) is 0 Å². The molecule has 3 nitrogen and oxygen atoms in total. The second-order valence-electron chi connectivity index (χ2n) is 7.45. The molecule has 1 aliphatic rings. The fraction of sp³-hybridized carbons (Fsp3) is 1.00. The van der Waals surface area contributed by atoms with Crippen LogP contribution in [0.15, 0.2) is 0 Å². The first-order chi connectivity index (χ1) is 8.83. The van der Waals surface area contributed by atoms with Crippen molar-refractivity contribution >= 4 is 0 Å². The number of hydrogen-bond acceptors (Lipinski definition) is 3. The minimum Gasteiger partial charge on any atom is -0.381 e. The van der Waals surface area contributed by atoms with Crippen molar-refractivity contribution < 1.29 is 9.47 Å². The molecule has 1 unspecified atom stereocenters. The molecule has 19 heavy (non-hydrogen) atoms. The predicted molar refractivity (Wildman–Crippen MR) is 80.5 cm³/mol. The monoisotopic (exact) mass is 271 g/mol. The van der Waals surface area contributed by atoms with Crippen LogP contribution in [0.2, 0.25) is 0 Å². The van der Waals surface area contributed by atoms with Crippen molar-refractivity contribution in [2.24, 2.45) is 11.3 Å². The van der Waals surface area contributed by atoms with Gasteiger partial charge in [-0.05, 0) is 46.0 Å². The largest absolute Gasteiger partial charge is 0.381 e. The SMILES string of the molecule is CC(C)CCOCCC1(CNC(C)(C)C)CCOC1. The summed E-state index contributed by atoms with van der Waals surface area (Å²) in [5.74, 6) is 0.728. The summed E-state index contributed by atoms with van der Waals surface area (Å²) >= 11 is 0. The molecule has 1 atom stereocenters. The van der Waals surface area contributed by atoms with Gasteiger partial charge in [-0.3, -0.25) is 0 Å². The predicted octanol–water partition coefficient (Wildman–Crippen LogP) is 3.23. The van der Waals surface area contributed by atoms with E-state index in [-0.39, 0.29) is 11.0 Å². The van der Waals surface area contributed by atoms with E-state index in [2.05, 4.69) is 39.9 Å². The highest BCUT2D eigenvalue weighted by Crippen LogP contribution is 2.32. The van der Waals surface area contributed by atoms with E-state index < -0.39 is 0 Å². The van der Waals surface area contributed by atoms with Gasteiger partial charge in [-0.15, -0.1) is 0 Å². The molecule has 1 aliphatic heterocycles. The Bertz CT molecular complexity index is 240. The van der Waals surface area contributed by atoms with Crippen LogP contribution < -0.4 is 5.32 Å². The van der Waals surface area contributed by atoms with Gasteiger partial charge in [0, 0.05) is 37.3 Å². The van der Waals surface area contributed by atoms with Crippen molar-refractivity contribution in [3.05, 3.63) is 0 Å². The number of nitrogens with one attached hydrogen (secondary N) is 1. The third kappa shape index (κ3) is 7.28. The van der Waals surface area contributed by atoms with E-state index in [0.29, 0.717) is 0 Å². The molecule has 0 aromatic rings. The first kappa shape index (κ1) is 16.9. The van der Waals surface area contributed by atoms with Gasteiger partial charge in [-0.2, -0.15) is 0 Å². The summed E-state index contributed by atoms with van der Waals surface area (Å²) in [5.41, 5.74) is 0.458. The van der Waals surface area contributed by atoms with Gasteiger partial charge in [0.15, 0.2) is 0 Å². The van der Waals surface area contributed by atoms with Crippen molar-refractivity contribution in [1.82, 2.24) is 5.32 Å². The van der Waals surface area contributed by atoms with E-state index >= 15 is 0 Å². The zero-order chi connectivity index (χ0) is 14.4. The molecular weight excluding hydrogens is 238 g/mol. The first-order valence-electron chi connectivity index (χ1n) is 7.74. The van der Waals surface area contributed by atoms with Gasteiger partial charge in [0.1, 0.15) is 0 Å². The second kappa shape index (κ2) is 7.61. The second-order valence-corrected chi connectivity index (χ2v) is 7.45. The molecule has 0 radical (unpaired) electrons. The standard InChI is InChI=1S/C16H33NO2/c1-14(2)6-9-18-10-7-16(8-11-19-13-16)12-17-15(3,4)5/h14,17H,6-13H2,1-5H3. The molecule has 0 bridgehead atoms. The Balaban J connectivity index is 2.27. The van der Waals surface area contributed by atoms with Crippen LogP contribution in [0.3, 0.4) is 0 Å². The van der Waals surface area contributed by atoms with Gasteiger partial charge in [0.05, 0.1) is 6.61 Å². The van der Waals surface area contributed by atoms with E-state index in [9.17, 15) is 0 Å². The highest BCUT2D eigenvalue weighted by molar-refractivity contribution is 4.87. The molecule has 114 valence electrons. The normalized spacial score (nSPS) is 24.3. The van der Waals surface area contributed by atoms with Crippen LogP contribution in [-0.2, 0) is 9.47 Å². The molecule has 1 N–H and O–H groups in total. The van der Waals surface area contributed by atoms with Crippen LogP contribution in [0, 0.1) is 11.3 Å². The van der Waals surface area contributed by atoms with E-state index in [4.69, 9.17) is 9.47 Å². The molecule has 0 saturated carbocycles. The molecule has 1 saturated heterocycles. The molecule has 1 fully saturated rings. The van der Waals surface area contributed by atoms with Crippen LogP contribution in [0.1, 0.15) is 53.9 Å². The third-order valence-electron chi connectivity index (χ3n) is 3.79. The van der Waals surface area contributed by atoms with Crippen molar-refractivity contribution in [2.75, 3.05) is 33.0 Å². The molecule has 0 aliphatic carbocycles. The van der Waals surface area contributed by atoms with Crippen LogP contribution in [0.25, 0.3) is 0 Å². The summed E-state index contributed by atoms with van der Waals surface area (Å²) in [4.78, 5) is 0. The Morgan fingerprint density at radius 2 is 2.00 bits per heavy atom. The summed E-state index contributed by atoms with van der Waals surface area (Å²) in [7, 11) is 0. The lowest BCUT2D eigenvalue weighted by atomic mass is 9.83. The zero-order valence-electron chi connectivity index (χ0n) is 13.6. The lowest BCUT2D eigenvalue weighted by Crippen LogP contribution is -2.44. The maximum absolute atomic E-state index is 5.78. The Labute approximate surface area is 119 Å². The molecule has 0 aromatic heterocycles.